The van der Waals surface area contributed by atoms with Gasteiger partial charge in [0.15, 0.2) is 0 Å². The quantitative estimate of drug-likeness (QED) is 0.547. The summed E-state index contributed by atoms with van der Waals surface area (Å²) in [5.41, 5.74) is 3.84. The second kappa shape index (κ2) is 7.51. The summed E-state index contributed by atoms with van der Waals surface area (Å²) in [4.78, 5) is 0. The average molecular weight is 254 g/mol. The van der Waals surface area contributed by atoms with Crippen LogP contribution in [0, 0.1) is 0 Å². The average Bonchev–Trinajstić information content (AvgIpc) is 2.85. The Morgan fingerprint density at radius 1 is 1.44 bits per heavy atom. The normalized spacial score (nSPS) is 15.0. The molecule has 0 aliphatic carbocycles. The summed E-state index contributed by atoms with van der Waals surface area (Å²) in [5, 5.41) is 4.62. The van der Waals surface area contributed by atoms with Crippen molar-refractivity contribution in [1.29, 1.82) is 0 Å². The molecular formula is C13H26N4O. The van der Waals surface area contributed by atoms with Gasteiger partial charge in [-0.1, -0.05) is 13.8 Å². The second-order valence-electron chi connectivity index (χ2n) is 4.68. The van der Waals surface area contributed by atoms with Crippen LogP contribution < -0.4 is 11.3 Å². The fourth-order valence-corrected chi connectivity index (χ4v) is 2.10. The molecule has 104 valence electrons. The molecule has 3 N–H and O–H groups in total. The Kier molecular flexibility index (Phi) is 6.32. The van der Waals surface area contributed by atoms with E-state index in [1.807, 2.05) is 6.92 Å². The van der Waals surface area contributed by atoms with Crippen molar-refractivity contribution in [3.05, 3.63) is 18.0 Å². The zero-order chi connectivity index (χ0) is 13.5. The van der Waals surface area contributed by atoms with Crippen LogP contribution in [-0.2, 0) is 11.2 Å². The monoisotopic (exact) mass is 254 g/mol. The van der Waals surface area contributed by atoms with Crippen molar-refractivity contribution in [1.82, 2.24) is 15.2 Å². The van der Waals surface area contributed by atoms with Gasteiger partial charge in [-0.2, -0.15) is 5.10 Å². The molecule has 0 radical (unpaired) electrons. The van der Waals surface area contributed by atoms with Gasteiger partial charge < -0.3 is 4.74 Å². The van der Waals surface area contributed by atoms with Gasteiger partial charge in [0, 0.05) is 19.7 Å². The number of nitrogens with zero attached hydrogens (tertiary/aromatic N) is 2. The van der Waals surface area contributed by atoms with Crippen molar-refractivity contribution in [3.8, 4) is 0 Å². The van der Waals surface area contributed by atoms with Crippen LogP contribution in [-0.4, -0.2) is 29.0 Å². The molecule has 1 heterocycles. The second-order valence-corrected chi connectivity index (χ2v) is 4.68. The van der Waals surface area contributed by atoms with E-state index in [0.717, 1.165) is 25.0 Å². The summed E-state index contributed by atoms with van der Waals surface area (Å²) in [6.45, 7) is 6.38. The molecule has 18 heavy (non-hydrogen) atoms. The first-order valence-electron chi connectivity index (χ1n) is 6.69. The van der Waals surface area contributed by atoms with E-state index in [1.165, 1.54) is 0 Å². The molecule has 5 nitrogen and oxygen atoms in total. The highest BCUT2D eigenvalue weighted by Crippen LogP contribution is 2.15. The first-order chi connectivity index (χ1) is 8.65. The number of ether oxygens (including phenoxy) is 1. The minimum atomic E-state index is 0.0632. The van der Waals surface area contributed by atoms with E-state index < -0.39 is 0 Å². The minimum absolute atomic E-state index is 0.0632. The molecule has 1 aromatic heterocycles. The Balaban J connectivity index is 2.67. The largest absolute Gasteiger partial charge is 0.380 e. The fraction of sp³-hybridized carbons (Fsp3) is 0.769. The third-order valence-electron chi connectivity index (χ3n) is 3.56. The van der Waals surface area contributed by atoms with E-state index in [-0.39, 0.29) is 12.1 Å². The zero-order valence-corrected chi connectivity index (χ0v) is 11.9. The molecule has 1 rings (SSSR count). The molecule has 5 heteroatoms. The molecule has 0 bridgehead atoms. The molecule has 0 amide bonds. The molecule has 0 saturated carbocycles. The lowest BCUT2D eigenvalue weighted by atomic mass is 10.1. The number of nitrogens with one attached hydrogen (secondary N) is 1. The highest BCUT2D eigenvalue weighted by molar-refractivity contribution is 5.03. The molecule has 1 aromatic rings. The molecule has 0 aliphatic heterocycles. The van der Waals surface area contributed by atoms with Crippen molar-refractivity contribution in [2.75, 3.05) is 7.11 Å². The standard InChI is InChI=1S/C13H26N4O/c1-5-12(6-2)17-8-7-11(16-17)9-13(15-14)10(3)18-4/h7-8,10,12-13,15H,5-6,9,14H2,1-4H3. The van der Waals surface area contributed by atoms with Crippen LogP contribution in [0.5, 0.6) is 0 Å². The van der Waals surface area contributed by atoms with E-state index >= 15 is 0 Å². The topological polar surface area (TPSA) is 65.1 Å². The summed E-state index contributed by atoms with van der Waals surface area (Å²) in [6.07, 6.45) is 5.10. The summed E-state index contributed by atoms with van der Waals surface area (Å²) in [6, 6.07) is 2.63. The van der Waals surface area contributed by atoms with Crippen LogP contribution in [0.2, 0.25) is 0 Å². The van der Waals surface area contributed by atoms with E-state index in [1.54, 1.807) is 7.11 Å². The Bertz CT molecular complexity index is 335. The number of methoxy groups -OCH3 is 1. The predicted octanol–water partition coefficient (Wildman–Crippen LogP) is 1.65. The zero-order valence-electron chi connectivity index (χ0n) is 11.9. The summed E-state index contributed by atoms with van der Waals surface area (Å²) in [5.74, 6) is 5.55. The van der Waals surface area contributed by atoms with Gasteiger partial charge in [0.25, 0.3) is 0 Å². The van der Waals surface area contributed by atoms with E-state index in [0.29, 0.717) is 6.04 Å². The number of nitrogens with two attached hydrogens (primary N) is 1. The van der Waals surface area contributed by atoms with E-state index in [2.05, 4.69) is 41.3 Å². The Morgan fingerprint density at radius 2 is 2.11 bits per heavy atom. The van der Waals surface area contributed by atoms with Crippen LogP contribution in [0.1, 0.15) is 45.3 Å². The Hall–Kier alpha value is -0.910. The van der Waals surface area contributed by atoms with Crippen LogP contribution in [0.3, 0.4) is 0 Å². The van der Waals surface area contributed by atoms with Crippen LogP contribution >= 0.6 is 0 Å². The van der Waals surface area contributed by atoms with Crippen LogP contribution in [0.4, 0.5) is 0 Å². The fourth-order valence-electron chi connectivity index (χ4n) is 2.10. The minimum Gasteiger partial charge on any atom is -0.380 e. The predicted molar refractivity (Wildman–Crippen MR) is 73.1 cm³/mol. The summed E-state index contributed by atoms with van der Waals surface area (Å²) in [7, 11) is 1.69. The lowest BCUT2D eigenvalue weighted by Gasteiger charge is -2.21. The van der Waals surface area contributed by atoms with Gasteiger partial charge >= 0.3 is 0 Å². The van der Waals surface area contributed by atoms with Crippen molar-refractivity contribution >= 4 is 0 Å². The Morgan fingerprint density at radius 3 is 2.61 bits per heavy atom. The van der Waals surface area contributed by atoms with Gasteiger partial charge in [0.1, 0.15) is 0 Å². The van der Waals surface area contributed by atoms with Gasteiger partial charge in [0.2, 0.25) is 0 Å². The van der Waals surface area contributed by atoms with Gasteiger partial charge in [-0.15, -0.1) is 0 Å². The van der Waals surface area contributed by atoms with Crippen molar-refractivity contribution < 1.29 is 4.74 Å². The SMILES string of the molecule is CCC(CC)n1ccc(CC(NN)C(C)OC)n1. The Labute approximate surface area is 110 Å². The van der Waals surface area contributed by atoms with Gasteiger partial charge in [-0.25, -0.2) is 0 Å². The van der Waals surface area contributed by atoms with Gasteiger partial charge in [-0.05, 0) is 25.8 Å². The number of hydrazine groups is 1. The third-order valence-corrected chi connectivity index (χ3v) is 3.56. The van der Waals surface area contributed by atoms with Crippen molar-refractivity contribution in [2.24, 2.45) is 5.84 Å². The molecule has 0 fully saturated rings. The summed E-state index contributed by atoms with van der Waals surface area (Å²) < 4.78 is 7.35. The van der Waals surface area contributed by atoms with Crippen LogP contribution in [0.15, 0.2) is 12.3 Å². The van der Waals surface area contributed by atoms with Gasteiger partial charge in [0.05, 0.1) is 23.9 Å². The number of rotatable bonds is 8. The molecule has 0 spiro atoms. The first kappa shape index (κ1) is 15.1. The van der Waals surface area contributed by atoms with Crippen LogP contribution in [0.25, 0.3) is 0 Å². The number of hydrogen-bond acceptors (Lipinski definition) is 4. The van der Waals surface area contributed by atoms with Gasteiger partial charge in [-0.3, -0.25) is 16.0 Å². The molecule has 2 unspecified atom stereocenters. The lowest BCUT2D eigenvalue weighted by molar-refractivity contribution is 0.0827. The molecule has 0 aliphatic rings. The molecule has 0 saturated heterocycles. The van der Waals surface area contributed by atoms with E-state index in [9.17, 15) is 0 Å². The highest BCUT2D eigenvalue weighted by Gasteiger charge is 2.17. The number of aromatic nitrogens is 2. The maximum atomic E-state index is 5.55. The van der Waals surface area contributed by atoms with Crippen molar-refractivity contribution in [2.45, 2.75) is 58.2 Å². The smallest absolute Gasteiger partial charge is 0.0713 e. The first-order valence-corrected chi connectivity index (χ1v) is 6.69. The van der Waals surface area contributed by atoms with E-state index in [4.69, 9.17) is 10.6 Å². The number of hydrogen-bond donors (Lipinski definition) is 2. The maximum absolute atomic E-state index is 5.55. The van der Waals surface area contributed by atoms with Crippen molar-refractivity contribution in [3.63, 3.8) is 0 Å². The maximum Gasteiger partial charge on any atom is 0.0713 e. The lowest BCUT2D eigenvalue weighted by Crippen LogP contribution is -2.45. The molecule has 2 atom stereocenters. The molecular weight excluding hydrogens is 228 g/mol. The molecule has 0 aromatic carbocycles. The third kappa shape index (κ3) is 3.80. The highest BCUT2D eigenvalue weighted by atomic mass is 16.5. The summed E-state index contributed by atoms with van der Waals surface area (Å²) >= 11 is 0.